The van der Waals surface area contributed by atoms with Crippen LogP contribution in [0.4, 0.5) is 10.3 Å². The molecule has 0 saturated carbocycles. The number of hydrogen-bond acceptors (Lipinski definition) is 4. The molecule has 0 unspecified atom stereocenters. The number of nitrogen functional groups attached to an aromatic ring is 1. The summed E-state index contributed by atoms with van der Waals surface area (Å²) in [5.41, 5.74) is 5.28. The molecule has 5 heteroatoms. The van der Waals surface area contributed by atoms with E-state index in [2.05, 4.69) is 16.5 Å². The summed E-state index contributed by atoms with van der Waals surface area (Å²) in [6.45, 7) is 5.68. The fourth-order valence-corrected chi connectivity index (χ4v) is 0.819. The molecule has 1 rings (SSSR count). The van der Waals surface area contributed by atoms with Gasteiger partial charge in [-0.2, -0.15) is 0 Å². The maximum absolute atomic E-state index is 13.0. The van der Waals surface area contributed by atoms with Crippen LogP contribution >= 0.6 is 0 Å². The Morgan fingerprint density at radius 3 is 3.08 bits per heavy atom. The van der Waals surface area contributed by atoms with Gasteiger partial charge in [-0.15, -0.1) is 0 Å². The van der Waals surface area contributed by atoms with Gasteiger partial charge in [0.25, 0.3) is 0 Å². The van der Waals surface area contributed by atoms with E-state index < -0.39 is 5.82 Å². The van der Waals surface area contributed by atoms with Gasteiger partial charge in [-0.05, 0) is 6.92 Å². The largest absolute Gasteiger partial charge is 0.492 e. The molecular formula is C8H10FN3O. The summed E-state index contributed by atoms with van der Waals surface area (Å²) >= 11 is 0. The van der Waals surface area contributed by atoms with E-state index in [1.807, 2.05) is 0 Å². The second-order valence-corrected chi connectivity index (χ2v) is 2.28. The first-order chi connectivity index (χ1) is 6.15. The molecule has 0 aliphatic carbocycles. The predicted molar refractivity (Wildman–Crippen MR) is 47.1 cm³/mol. The average molecular weight is 183 g/mol. The van der Waals surface area contributed by atoms with Crippen molar-refractivity contribution in [2.45, 2.75) is 6.92 Å². The molecule has 0 spiro atoms. The van der Waals surface area contributed by atoms with Crippen LogP contribution in [0.25, 0.3) is 5.76 Å². The van der Waals surface area contributed by atoms with Gasteiger partial charge >= 0.3 is 0 Å². The highest BCUT2D eigenvalue weighted by molar-refractivity contribution is 5.54. The first-order valence-electron chi connectivity index (χ1n) is 3.75. The van der Waals surface area contributed by atoms with Crippen LogP contribution in [0.15, 0.2) is 12.8 Å². The first kappa shape index (κ1) is 9.44. The molecule has 0 fully saturated rings. The zero-order valence-corrected chi connectivity index (χ0v) is 7.25. The van der Waals surface area contributed by atoms with Gasteiger partial charge in [-0.1, -0.05) is 6.58 Å². The van der Waals surface area contributed by atoms with Crippen LogP contribution in [0, 0.1) is 5.82 Å². The number of hydrogen-bond donors (Lipinski definition) is 1. The summed E-state index contributed by atoms with van der Waals surface area (Å²) in [6, 6.07) is 0. The minimum Gasteiger partial charge on any atom is -0.492 e. The third-order valence-electron chi connectivity index (χ3n) is 1.35. The fraction of sp³-hybridized carbons (Fsp3) is 0.250. The van der Waals surface area contributed by atoms with E-state index in [0.717, 1.165) is 6.20 Å². The van der Waals surface area contributed by atoms with E-state index in [4.69, 9.17) is 10.5 Å². The molecule has 0 atom stereocenters. The molecule has 1 aromatic heterocycles. The second-order valence-electron chi connectivity index (χ2n) is 2.28. The molecule has 4 nitrogen and oxygen atoms in total. The van der Waals surface area contributed by atoms with Gasteiger partial charge < -0.3 is 10.5 Å². The maximum Gasteiger partial charge on any atom is 0.220 e. The van der Waals surface area contributed by atoms with E-state index in [0.29, 0.717) is 6.61 Å². The Labute approximate surface area is 75.3 Å². The summed E-state index contributed by atoms with van der Waals surface area (Å²) in [5.74, 6) is -0.431. The molecule has 2 N–H and O–H groups in total. The van der Waals surface area contributed by atoms with Crippen LogP contribution in [0.2, 0.25) is 0 Å². The Hall–Kier alpha value is -1.65. The van der Waals surface area contributed by atoms with Gasteiger partial charge in [-0.3, -0.25) is 0 Å². The molecule has 0 aromatic carbocycles. The van der Waals surface area contributed by atoms with E-state index in [-0.39, 0.29) is 17.4 Å². The summed E-state index contributed by atoms with van der Waals surface area (Å²) in [4.78, 5) is 7.14. The molecule has 70 valence electrons. The van der Waals surface area contributed by atoms with Crippen molar-refractivity contribution in [1.82, 2.24) is 9.97 Å². The van der Waals surface area contributed by atoms with E-state index in [9.17, 15) is 4.39 Å². The number of aromatic nitrogens is 2. The molecule has 13 heavy (non-hydrogen) atoms. The summed E-state index contributed by atoms with van der Waals surface area (Å²) in [6.07, 6.45) is 0.988. The predicted octanol–water partition coefficient (Wildman–Crippen LogP) is 1.21. The number of ether oxygens (including phenoxy) is 1. The van der Waals surface area contributed by atoms with Crippen molar-refractivity contribution in [3.63, 3.8) is 0 Å². The van der Waals surface area contributed by atoms with Crippen molar-refractivity contribution in [2.24, 2.45) is 0 Å². The van der Waals surface area contributed by atoms with Crippen LogP contribution < -0.4 is 5.73 Å². The van der Waals surface area contributed by atoms with Gasteiger partial charge in [0.15, 0.2) is 5.82 Å². The maximum atomic E-state index is 13.0. The third kappa shape index (κ3) is 2.14. The molecular weight excluding hydrogens is 173 g/mol. The molecule has 0 aliphatic heterocycles. The third-order valence-corrected chi connectivity index (χ3v) is 1.35. The lowest BCUT2D eigenvalue weighted by Crippen LogP contribution is -2.03. The van der Waals surface area contributed by atoms with Gasteiger partial charge in [0.1, 0.15) is 11.5 Å². The summed E-state index contributed by atoms with van der Waals surface area (Å²) in [7, 11) is 0. The highest BCUT2D eigenvalue weighted by Gasteiger charge is 2.09. The molecule has 0 saturated heterocycles. The van der Waals surface area contributed by atoms with Crippen LogP contribution in [0.5, 0.6) is 0 Å². The zero-order chi connectivity index (χ0) is 9.84. The first-order valence-corrected chi connectivity index (χ1v) is 3.75. The van der Waals surface area contributed by atoms with Crippen LogP contribution in [-0.4, -0.2) is 16.6 Å². The van der Waals surface area contributed by atoms with E-state index in [1.165, 1.54) is 0 Å². The number of halogens is 1. The number of nitrogens with two attached hydrogens (primary N) is 1. The van der Waals surface area contributed by atoms with Crippen molar-refractivity contribution >= 4 is 11.7 Å². The lowest BCUT2D eigenvalue weighted by Gasteiger charge is -2.06. The van der Waals surface area contributed by atoms with Crippen molar-refractivity contribution < 1.29 is 9.13 Å². The Morgan fingerprint density at radius 2 is 2.46 bits per heavy atom. The van der Waals surface area contributed by atoms with Crippen molar-refractivity contribution in [3.8, 4) is 0 Å². The minimum atomic E-state index is -0.590. The van der Waals surface area contributed by atoms with Crippen molar-refractivity contribution in [1.29, 1.82) is 0 Å². The van der Waals surface area contributed by atoms with Crippen molar-refractivity contribution in [3.05, 3.63) is 24.3 Å². The Balaban J connectivity index is 2.99. The molecule has 0 bridgehead atoms. The standard InChI is InChI=1S/C8H10FN3O/c1-3-13-5(2)7-6(9)4-11-8(10)12-7/h4H,2-3H2,1H3,(H2,10,11,12). The van der Waals surface area contributed by atoms with Gasteiger partial charge in [0.05, 0.1) is 12.8 Å². The minimum absolute atomic E-state index is 0.00254. The van der Waals surface area contributed by atoms with Gasteiger partial charge in [0, 0.05) is 0 Å². The Kier molecular flexibility index (Phi) is 2.79. The summed E-state index contributed by atoms with van der Waals surface area (Å²) < 4.78 is 18.0. The number of rotatable bonds is 3. The van der Waals surface area contributed by atoms with Gasteiger partial charge in [0.2, 0.25) is 5.95 Å². The zero-order valence-electron chi connectivity index (χ0n) is 7.25. The lowest BCUT2D eigenvalue weighted by atomic mass is 10.3. The molecule has 1 heterocycles. The lowest BCUT2D eigenvalue weighted by molar-refractivity contribution is 0.295. The fourth-order valence-electron chi connectivity index (χ4n) is 0.819. The van der Waals surface area contributed by atoms with E-state index in [1.54, 1.807) is 6.92 Å². The van der Waals surface area contributed by atoms with Crippen LogP contribution in [0.3, 0.4) is 0 Å². The van der Waals surface area contributed by atoms with E-state index >= 15 is 0 Å². The van der Waals surface area contributed by atoms with Crippen LogP contribution in [0.1, 0.15) is 12.6 Å². The topological polar surface area (TPSA) is 61.0 Å². The van der Waals surface area contributed by atoms with Crippen molar-refractivity contribution in [2.75, 3.05) is 12.3 Å². The van der Waals surface area contributed by atoms with Crippen LogP contribution in [-0.2, 0) is 4.74 Å². The molecule has 0 amide bonds. The Morgan fingerprint density at radius 1 is 1.77 bits per heavy atom. The summed E-state index contributed by atoms with van der Waals surface area (Å²) in [5, 5.41) is 0. The SMILES string of the molecule is C=C(OCC)c1nc(N)ncc1F. The highest BCUT2D eigenvalue weighted by Crippen LogP contribution is 2.14. The Bertz CT molecular complexity index is 327. The molecule has 0 aliphatic rings. The monoisotopic (exact) mass is 183 g/mol. The molecule has 0 radical (unpaired) electrons. The average Bonchev–Trinajstić information content (AvgIpc) is 2.09. The second kappa shape index (κ2) is 3.84. The smallest absolute Gasteiger partial charge is 0.220 e. The van der Waals surface area contributed by atoms with Gasteiger partial charge in [-0.25, -0.2) is 14.4 Å². The number of nitrogens with zero attached hydrogens (tertiary/aromatic N) is 2. The molecule has 1 aromatic rings. The normalized spacial score (nSPS) is 9.69. The number of anilines is 1. The highest BCUT2D eigenvalue weighted by atomic mass is 19.1. The quantitative estimate of drug-likeness (QED) is 0.715.